The second kappa shape index (κ2) is 8.34. The number of phenolic OH excluding ortho intramolecular Hbond substituents is 1. The Kier molecular flexibility index (Phi) is 6.46. The van der Waals surface area contributed by atoms with Crippen molar-refractivity contribution in [2.24, 2.45) is 5.92 Å². The van der Waals surface area contributed by atoms with Crippen molar-refractivity contribution in [1.82, 2.24) is 9.80 Å². The average Bonchev–Trinajstić information content (AvgIpc) is 2.51. The van der Waals surface area contributed by atoms with Crippen LogP contribution in [0, 0.1) is 5.92 Å². The van der Waals surface area contributed by atoms with Crippen LogP contribution in [-0.4, -0.2) is 53.0 Å². The summed E-state index contributed by atoms with van der Waals surface area (Å²) in [6.45, 7) is 10.7. The summed E-state index contributed by atoms with van der Waals surface area (Å²) in [5, 5.41) is 9.31. The summed E-state index contributed by atoms with van der Waals surface area (Å²) >= 11 is 0. The first-order valence-electron chi connectivity index (χ1n) is 8.87. The van der Waals surface area contributed by atoms with Gasteiger partial charge < -0.3 is 10.0 Å². The molecular weight excluding hydrogens is 288 g/mol. The van der Waals surface area contributed by atoms with Crippen LogP contribution in [0.1, 0.15) is 50.4 Å². The lowest BCUT2D eigenvalue weighted by Crippen LogP contribution is -2.61. The van der Waals surface area contributed by atoms with Crippen LogP contribution in [0.15, 0.2) is 24.3 Å². The van der Waals surface area contributed by atoms with Gasteiger partial charge in [0.15, 0.2) is 0 Å². The van der Waals surface area contributed by atoms with Gasteiger partial charge in [0.1, 0.15) is 5.75 Å². The minimum atomic E-state index is 0.0691. The second-order valence-electron chi connectivity index (χ2n) is 6.75. The van der Waals surface area contributed by atoms with Crippen molar-refractivity contribution in [3.8, 4) is 5.75 Å². The molecule has 1 fully saturated rings. The maximum absolute atomic E-state index is 12.4. The fraction of sp³-hybridized carbons (Fsp3) is 0.632. The van der Waals surface area contributed by atoms with E-state index in [2.05, 4.69) is 25.7 Å². The number of hydrogen-bond donors (Lipinski definition) is 1. The van der Waals surface area contributed by atoms with Crippen molar-refractivity contribution in [1.29, 1.82) is 0 Å². The molecule has 1 unspecified atom stereocenters. The van der Waals surface area contributed by atoms with E-state index in [0.717, 1.165) is 38.5 Å². The minimum Gasteiger partial charge on any atom is -0.508 e. The lowest BCUT2D eigenvalue weighted by atomic mass is 10.0. The Morgan fingerprint density at radius 2 is 1.91 bits per heavy atom. The summed E-state index contributed by atoms with van der Waals surface area (Å²) in [5.41, 5.74) is 0.655. The molecule has 1 aliphatic rings. The van der Waals surface area contributed by atoms with E-state index in [1.807, 2.05) is 4.90 Å². The molecule has 4 nitrogen and oxygen atoms in total. The van der Waals surface area contributed by atoms with E-state index in [0.29, 0.717) is 11.6 Å². The Bertz CT molecular complexity index is 495. The number of rotatable bonds is 8. The molecule has 0 spiro atoms. The quantitative estimate of drug-likeness (QED) is 0.799. The highest BCUT2D eigenvalue weighted by Gasteiger charge is 2.34. The van der Waals surface area contributed by atoms with Crippen LogP contribution in [0.25, 0.3) is 0 Å². The predicted molar refractivity (Wildman–Crippen MR) is 93.7 cm³/mol. The molecule has 0 saturated carbocycles. The van der Waals surface area contributed by atoms with Gasteiger partial charge >= 0.3 is 0 Å². The molecule has 1 amide bonds. The van der Waals surface area contributed by atoms with Gasteiger partial charge in [-0.3, -0.25) is 9.69 Å². The van der Waals surface area contributed by atoms with Gasteiger partial charge in [0, 0.05) is 24.7 Å². The monoisotopic (exact) mass is 318 g/mol. The standard InChI is InChI=1S/C19H30N2O2/c1-4-11-20(12-10-15(3)5-2)17-13-21(14-17)19(23)16-6-8-18(22)9-7-16/h6-9,15,17,22H,4-5,10-14H2,1-3H3. The van der Waals surface area contributed by atoms with Crippen LogP contribution in [0.2, 0.25) is 0 Å². The molecule has 0 bridgehead atoms. The Hall–Kier alpha value is -1.55. The number of aromatic hydroxyl groups is 1. The van der Waals surface area contributed by atoms with E-state index in [1.54, 1.807) is 24.3 Å². The van der Waals surface area contributed by atoms with Crippen molar-refractivity contribution < 1.29 is 9.90 Å². The Labute approximate surface area is 140 Å². The third-order valence-corrected chi connectivity index (χ3v) is 4.90. The van der Waals surface area contributed by atoms with E-state index < -0.39 is 0 Å². The van der Waals surface area contributed by atoms with Crippen molar-refractivity contribution in [3.05, 3.63) is 29.8 Å². The van der Waals surface area contributed by atoms with Gasteiger partial charge in [-0.15, -0.1) is 0 Å². The topological polar surface area (TPSA) is 43.8 Å². The molecule has 1 saturated heterocycles. The smallest absolute Gasteiger partial charge is 0.253 e. The number of amides is 1. The zero-order chi connectivity index (χ0) is 16.8. The molecule has 23 heavy (non-hydrogen) atoms. The van der Waals surface area contributed by atoms with Crippen molar-refractivity contribution in [2.75, 3.05) is 26.2 Å². The maximum Gasteiger partial charge on any atom is 0.253 e. The number of carbonyl (C=O) groups is 1. The molecule has 128 valence electrons. The molecule has 1 aliphatic heterocycles. The normalized spacial score (nSPS) is 16.4. The van der Waals surface area contributed by atoms with Gasteiger partial charge in [0.05, 0.1) is 0 Å². The highest BCUT2D eigenvalue weighted by Crippen LogP contribution is 2.21. The first-order valence-corrected chi connectivity index (χ1v) is 8.87. The van der Waals surface area contributed by atoms with Crippen LogP contribution in [0.4, 0.5) is 0 Å². The number of hydrogen-bond acceptors (Lipinski definition) is 3. The number of phenols is 1. The van der Waals surface area contributed by atoms with Gasteiger partial charge in [-0.1, -0.05) is 27.2 Å². The Morgan fingerprint density at radius 3 is 2.48 bits per heavy atom. The second-order valence-corrected chi connectivity index (χ2v) is 6.75. The van der Waals surface area contributed by atoms with Crippen LogP contribution >= 0.6 is 0 Å². The predicted octanol–water partition coefficient (Wildman–Crippen LogP) is 3.36. The van der Waals surface area contributed by atoms with Crippen LogP contribution in [0.5, 0.6) is 5.75 Å². The van der Waals surface area contributed by atoms with Crippen LogP contribution < -0.4 is 0 Å². The Balaban J connectivity index is 1.85. The summed E-state index contributed by atoms with van der Waals surface area (Å²) in [6, 6.07) is 7.02. The number of likely N-dealkylation sites (tertiary alicyclic amines) is 1. The fourth-order valence-electron chi connectivity index (χ4n) is 2.99. The molecule has 0 aromatic heterocycles. The molecular formula is C19H30N2O2. The van der Waals surface area contributed by atoms with Gasteiger partial charge in [0.25, 0.3) is 5.91 Å². The summed E-state index contributed by atoms with van der Waals surface area (Å²) in [6.07, 6.45) is 3.62. The SMILES string of the molecule is CCCN(CCC(C)CC)C1CN(C(=O)c2ccc(O)cc2)C1. The molecule has 4 heteroatoms. The van der Waals surface area contributed by atoms with E-state index in [9.17, 15) is 9.90 Å². The summed E-state index contributed by atoms with van der Waals surface area (Å²) in [5.74, 6) is 1.03. The summed E-state index contributed by atoms with van der Waals surface area (Å²) < 4.78 is 0. The zero-order valence-corrected chi connectivity index (χ0v) is 14.7. The maximum atomic E-state index is 12.4. The first-order chi connectivity index (χ1) is 11.0. The van der Waals surface area contributed by atoms with Crippen LogP contribution in [0.3, 0.4) is 0 Å². The first kappa shape index (κ1) is 17.8. The van der Waals surface area contributed by atoms with Gasteiger partial charge in [-0.2, -0.15) is 0 Å². The number of carbonyl (C=O) groups excluding carboxylic acids is 1. The van der Waals surface area contributed by atoms with E-state index in [1.165, 1.54) is 12.8 Å². The lowest BCUT2D eigenvalue weighted by molar-refractivity contribution is 0.0247. The molecule has 1 aromatic rings. The molecule has 1 atom stereocenters. The van der Waals surface area contributed by atoms with Gasteiger partial charge in [-0.25, -0.2) is 0 Å². The minimum absolute atomic E-state index is 0.0691. The third kappa shape index (κ3) is 4.71. The Morgan fingerprint density at radius 1 is 1.26 bits per heavy atom. The van der Waals surface area contributed by atoms with Crippen LogP contribution in [-0.2, 0) is 0 Å². The number of nitrogens with zero attached hydrogens (tertiary/aromatic N) is 2. The largest absolute Gasteiger partial charge is 0.508 e. The zero-order valence-electron chi connectivity index (χ0n) is 14.7. The fourth-order valence-corrected chi connectivity index (χ4v) is 2.99. The average molecular weight is 318 g/mol. The molecule has 0 aliphatic carbocycles. The van der Waals surface area contributed by atoms with E-state index >= 15 is 0 Å². The highest BCUT2D eigenvalue weighted by molar-refractivity contribution is 5.94. The highest BCUT2D eigenvalue weighted by atomic mass is 16.3. The van der Waals surface area contributed by atoms with Gasteiger partial charge in [0.2, 0.25) is 0 Å². The summed E-state index contributed by atoms with van der Waals surface area (Å²) in [4.78, 5) is 16.9. The molecule has 2 rings (SSSR count). The molecule has 1 aromatic carbocycles. The summed E-state index contributed by atoms with van der Waals surface area (Å²) in [7, 11) is 0. The van der Waals surface area contributed by atoms with E-state index in [4.69, 9.17) is 0 Å². The molecule has 1 heterocycles. The van der Waals surface area contributed by atoms with Crippen molar-refractivity contribution in [2.45, 2.75) is 46.1 Å². The molecule has 1 N–H and O–H groups in total. The van der Waals surface area contributed by atoms with Crippen molar-refractivity contribution >= 4 is 5.91 Å². The van der Waals surface area contributed by atoms with Gasteiger partial charge in [-0.05, 0) is 56.1 Å². The molecule has 0 radical (unpaired) electrons. The third-order valence-electron chi connectivity index (χ3n) is 4.90. The number of benzene rings is 1. The van der Waals surface area contributed by atoms with E-state index in [-0.39, 0.29) is 11.7 Å². The van der Waals surface area contributed by atoms with Crippen molar-refractivity contribution in [3.63, 3.8) is 0 Å². The lowest BCUT2D eigenvalue weighted by Gasteiger charge is -2.45.